The molecule has 0 aromatic carbocycles. The molecule has 1 N–H and O–H groups in total. The zero-order valence-electron chi connectivity index (χ0n) is 12.3. The van der Waals surface area contributed by atoms with Crippen LogP contribution >= 0.6 is 0 Å². The van der Waals surface area contributed by atoms with Crippen molar-refractivity contribution in [3.8, 4) is 0 Å². The van der Waals surface area contributed by atoms with Gasteiger partial charge >= 0.3 is 0 Å². The maximum absolute atomic E-state index is 10.1. The second-order valence-electron chi connectivity index (χ2n) is 5.07. The van der Waals surface area contributed by atoms with Gasteiger partial charge in [-0.05, 0) is 33.3 Å². The number of aliphatic hydroxyl groups excluding tert-OH is 1. The van der Waals surface area contributed by atoms with Gasteiger partial charge in [0.15, 0.2) is 0 Å². The summed E-state index contributed by atoms with van der Waals surface area (Å²) in [5.41, 5.74) is 5.02. The predicted octanol–water partition coefficient (Wildman–Crippen LogP) is 2.03. The largest absolute Gasteiger partial charge is 0.388 e. The number of aliphatic hydroxyl groups is 1. The van der Waals surface area contributed by atoms with Gasteiger partial charge in [-0.25, -0.2) is 0 Å². The highest BCUT2D eigenvalue weighted by Gasteiger charge is 2.18. The zero-order valence-corrected chi connectivity index (χ0v) is 12.3. The Bertz CT molecular complexity index is 583. The van der Waals surface area contributed by atoms with Crippen LogP contribution in [-0.2, 0) is 13.6 Å². The minimum atomic E-state index is -0.429. The Kier molecular flexibility index (Phi) is 3.75. The highest BCUT2D eigenvalue weighted by Crippen LogP contribution is 2.24. The van der Waals surface area contributed by atoms with Crippen molar-refractivity contribution in [2.45, 2.75) is 46.8 Å². The minimum Gasteiger partial charge on any atom is -0.388 e. The molecule has 0 bridgehead atoms. The average molecular weight is 262 g/mol. The van der Waals surface area contributed by atoms with Crippen molar-refractivity contribution in [1.29, 1.82) is 0 Å². The van der Waals surface area contributed by atoms with Crippen molar-refractivity contribution in [3.63, 3.8) is 0 Å². The Hall–Kier alpha value is -1.62. The lowest BCUT2D eigenvalue weighted by Crippen LogP contribution is -2.09. The van der Waals surface area contributed by atoms with E-state index in [1.807, 2.05) is 44.1 Å². The highest BCUT2D eigenvalue weighted by atomic mass is 16.3. The van der Waals surface area contributed by atoms with Gasteiger partial charge in [0.2, 0.25) is 0 Å². The molecule has 0 saturated carbocycles. The van der Waals surface area contributed by atoms with Crippen molar-refractivity contribution in [3.05, 3.63) is 34.4 Å². The number of aryl methyl sites for hydroxylation is 3. The van der Waals surface area contributed by atoms with Crippen molar-refractivity contribution >= 4 is 0 Å². The van der Waals surface area contributed by atoms with Gasteiger partial charge in [0.1, 0.15) is 0 Å². The van der Waals surface area contributed by atoms with E-state index in [0.717, 1.165) is 28.3 Å². The SMILES string of the molecule is CCC(O)c1c(C)nn(Cc2cc(C)nn2C)c1C. The summed E-state index contributed by atoms with van der Waals surface area (Å²) in [5.74, 6) is 0. The summed E-state index contributed by atoms with van der Waals surface area (Å²) in [6, 6.07) is 2.06. The Balaban J connectivity index is 2.34. The fourth-order valence-electron chi connectivity index (χ4n) is 2.52. The Morgan fingerprint density at radius 3 is 2.47 bits per heavy atom. The van der Waals surface area contributed by atoms with Gasteiger partial charge in [-0.2, -0.15) is 10.2 Å². The standard InChI is InChI=1S/C14H22N4O/c1-6-13(19)14-10(3)16-18(11(14)4)8-12-7-9(2)15-17(12)5/h7,13,19H,6,8H2,1-5H3. The second kappa shape index (κ2) is 5.17. The Morgan fingerprint density at radius 2 is 1.95 bits per heavy atom. The van der Waals surface area contributed by atoms with E-state index in [1.165, 1.54) is 0 Å². The van der Waals surface area contributed by atoms with Crippen LogP contribution in [-0.4, -0.2) is 24.7 Å². The molecule has 1 atom stereocenters. The van der Waals surface area contributed by atoms with Crippen molar-refractivity contribution in [2.24, 2.45) is 7.05 Å². The van der Waals surface area contributed by atoms with Gasteiger partial charge < -0.3 is 5.11 Å². The van der Waals surface area contributed by atoms with Crippen molar-refractivity contribution < 1.29 is 5.11 Å². The molecule has 0 aliphatic rings. The van der Waals surface area contributed by atoms with Crippen LogP contribution in [0.2, 0.25) is 0 Å². The van der Waals surface area contributed by atoms with E-state index in [4.69, 9.17) is 0 Å². The molecule has 19 heavy (non-hydrogen) atoms. The molecule has 5 heteroatoms. The van der Waals surface area contributed by atoms with Crippen LogP contribution in [0.5, 0.6) is 0 Å². The van der Waals surface area contributed by atoms with E-state index in [0.29, 0.717) is 13.0 Å². The predicted molar refractivity (Wildman–Crippen MR) is 74.0 cm³/mol. The van der Waals surface area contributed by atoms with Crippen molar-refractivity contribution in [2.75, 3.05) is 0 Å². The first kappa shape index (κ1) is 13.8. The number of aromatic nitrogens is 4. The average Bonchev–Trinajstić information content (AvgIpc) is 2.80. The lowest BCUT2D eigenvalue weighted by Gasteiger charge is -2.09. The molecular formula is C14H22N4O. The third-order valence-electron chi connectivity index (χ3n) is 3.57. The van der Waals surface area contributed by atoms with Gasteiger partial charge in [0, 0.05) is 18.3 Å². The molecule has 2 aromatic rings. The first-order chi connectivity index (χ1) is 8.93. The number of hydrogen-bond acceptors (Lipinski definition) is 3. The van der Waals surface area contributed by atoms with Crippen LogP contribution in [0.15, 0.2) is 6.07 Å². The first-order valence-corrected chi connectivity index (χ1v) is 6.65. The molecule has 5 nitrogen and oxygen atoms in total. The van der Waals surface area contributed by atoms with Gasteiger partial charge in [-0.1, -0.05) is 6.92 Å². The summed E-state index contributed by atoms with van der Waals surface area (Å²) in [6.07, 6.45) is 0.278. The summed E-state index contributed by atoms with van der Waals surface area (Å²) in [6.45, 7) is 8.60. The summed E-state index contributed by atoms with van der Waals surface area (Å²) < 4.78 is 3.82. The third-order valence-corrected chi connectivity index (χ3v) is 3.57. The van der Waals surface area contributed by atoms with E-state index in [1.54, 1.807) is 0 Å². The fourth-order valence-corrected chi connectivity index (χ4v) is 2.52. The lowest BCUT2D eigenvalue weighted by atomic mass is 10.1. The summed E-state index contributed by atoms with van der Waals surface area (Å²) in [5, 5.41) is 18.9. The molecule has 0 saturated heterocycles. The first-order valence-electron chi connectivity index (χ1n) is 6.65. The van der Waals surface area contributed by atoms with E-state index in [9.17, 15) is 5.11 Å². The Morgan fingerprint density at radius 1 is 1.26 bits per heavy atom. The summed E-state index contributed by atoms with van der Waals surface area (Å²) in [7, 11) is 1.94. The maximum Gasteiger partial charge on any atom is 0.0831 e. The van der Waals surface area contributed by atoms with E-state index < -0.39 is 6.10 Å². The van der Waals surface area contributed by atoms with Gasteiger partial charge in [0.05, 0.1) is 29.7 Å². The topological polar surface area (TPSA) is 55.9 Å². The molecule has 1 unspecified atom stereocenters. The molecule has 2 rings (SSSR count). The van der Waals surface area contributed by atoms with Crippen LogP contribution in [0.25, 0.3) is 0 Å². The molecule has 0 aliphatic heterocycles. The number of nitrogens with zero attached hydrogens (tertiary/aromatic N) is 4. The quantitative estimate of drug-likeness (QED) is 0.917. The van der Waals surface area contributed by atoms with Crippen LogP contribution < -0.4 is 0 Å². The summed E-state index contributed by atoms with van der Waals surface area (Å²) in [4.78, 5) is 0. The van der Waals surface area contributed by atoms with Crippen molar-refractivity contribution in [1.82, 2.24) is 19.6 Å². The van der Waals surface area contributed by atoms with Crippen LogP contribution in [0, 0.1) is 20.8 Å². The third kappa shape index (κ3) is 2.56. The molecule has 0 spiro atoms. The Labute approximate surface area is 113 Å². The highest BCUT2D eigenvalue weighted by molar-refractivity contribution is 5.27. The minimum absolute atomic E-state index is 0.429. The van der Waals surface area contributed by atoms with Crippen LogP contribution in [0.3, 0.4) is 0 Å². The smallest absolute Gasteiger partial charge is 0.0831 e. The van der Waals surface area contributed by atoms with Gasteiger partial charge in [-0.3, -0.25) is 9.36 Å². The summed E-state index contributed by atoms with van der Waals surface area (Å²) >= 11 is 0. The van der Waals surface area contributed by atoms with Crippen LogP contribution in [0.4, 0.5) is 0 Å². The molecule has 2 heterocycles. The molecule has 0 amide bonds. The molecule has 2 aromatic heterocycles. The molecule has 0 fully saturated rings. The lowest BCUT2D eigenvalue weighted by molar-refractivity contribution is 0.172. The zero-order chi connectivity index (χ0) is 14.2. The monoisotopic (exact) mass is 262 g/mol. The number of rotatable bonds is 4. The number of hydrogen-bond donors (Lipinski definition) is 1. The van der Waals surface area contributed by atoms with E-state index in [2.05, 4.69) is 16.3 Å². The fraction of sp³-hybridized carbons (Fsp3) is 0.571. The molecule has 104 valence electrons. The van der Waals surface area contributed by atoms with Crippen LogP contribution in [0.1, 0.15) is 47.8 Å². The van der Waals surface area contributed by atoms with Gasteiger partial charge in [0.25, 0.3) is 0 Å². The van der Waals surface area contributed by atoms with E-state index >= 15 is 0 Å². The second-order valence-corrected chi connectivity index (χ2v) is 5.07. The maximum atomic E-state index is 10.1. The van der Waals surface area contributed by atoms with Gasteiger partial charge in [-0.15, -0.1) is 0 Å². The van der Waals surface area contributed by atoms with E-state index in [-0.39, 0.29) is 0 Å². The molecule has 0 aliphatic carbocycles. The normalized spacial score (nSPS) is 12.9. The molecule has 0 radical (unpaired) electrons. The molecular weight excluding hydrogens is 240 g/mol.